The Morgan fingerprint density at radius 2 is 2.39 bits per heavy atom. The van der Waals surface area contributed by atoms with E-state index >= 15 is 0 Å². The number of fused-ring (bicyclic) bond motifs is 1. The standard InChI is InChI=1S/C13H14N2O2S/c1-16-8-2-3-11-9(6-8)10(14)7-12(17-11)13-15-4-5-18-13/h2-6,10,12H,7,14H2,1H3/t10-,12?/m0/s1. The van der Waals surface area contributed by atoms with Gasteiger partial charge in [-0.3, -0.25) is 0 Å². The van der Waals surface area contributed by atoms with Crippen molar-refractivity contribution in [2.24, 2.45) is 5.73 Å². The minimum atomic E-state index is -0.0438. The summed E-state index contributed by atoms with van der Waals surface area (Å²) in [5.41, 5.74) is 7.21. The normalized spacial score (nSPS) is 22.1. The van der Waals surface area contributed by atoms with Crippen LogP contribution in [0.15, 0.2) is 29.8 Å². The maximum absolute atomic E-state index is 6.21. The van der Waals surface area contributed by atoms with E-state index in [4.69, 9.17) is 15.2 Å². The highest BCUT2D eigenvalue weighted by atomic mass is 32.1. The second kappa shape index (κ2) is 4.59. The second-order valence-corrected chi connectivity index (χ2v) is 5.15. The van der Waals surface area contributed by atoms with Crippen molar-refractivity contribution >= 4 is 11.3 Å². The lowest BCUT2D eigenvalue weighted by atomic mass is 9.97. The third-order valence-corrected chi connectivity index (χ3v) is 3.95. The van der Waals surface area contributed by atoms with E-state index in [1.54, 1.807) is 24.6 Å². The molecule has 1 aromatic carbocycles. The first-order chi connectivity index (χ1) is 8.78. The van der Waals surface area contributed by atoms with E-state index in [1.165, 1.54) is 0 Å². The molecular weight excluding hydrogens is 248 g/mol. The van der Waals surface area contributed by atoms with Gasteiger partial charge < -0.3 is 15.2 Å². The zero-order valence-corrected chi connectivity index (χ0v) is 10.8. The van der Waals surface area contributed by atoms with E-state index in [2.05, 4.69) is 4.98 Å². The molecule has 18 heavy (non-hydrogen) atoms. The summed E-state index contributed by atoms with van der Waals surface area (Å²) in [6, 6.07) is 5.69. The van der Waals surface area contributed by atoms with Gasteiger partial charge in [-0.25, -0.2) is 4.98 Å². The van der Waals surface area contributed by atoms with Gasteiger partial charge in [-0.05, 0) is 18.2 Å². The summed E-state index contributed by atoms with van der Waals surface area (Å²) in [6.07, 6.45) is 2.49. The molecule has 4 nitrogen and oxygen atoms in total. The van der Waals surface area contributed by atoms with Gasteiger partial charge in [-0.1, -0.05) is 0 Å². The molecule has 1 unspecified atom stereocenters. The predicted molar refractivity (Wildman–Crippen MR) is 70.0 cm³/mol. The van der Waals surface area contributed by atoms with Crippen LogP contribution in [0.4, 0.5) is 0 Å². The molecule has 1 aliphatic rings. The third-order valence-electron chi connectivity index (χ3n) is 3.08. The molecule has 0 bridgehead atoms. The lowest BCUT2D eigenvalue weighted by molar-refractivity contribution is 0.161. The second-order valence-electron chi connectivity index (χ2n) is 4.22. The van der Waals surface area contributed by atoms with Gasteiger partial charge in [-0.15, -0.1) is 11.3 Å². The van der Waals surface area contributed by atoms with Gasteiger partial charge in [0.05, 0.1) is 7.11 Å². The summed E-state index contributed by atoms with van der Waals surface area (Å²) in [6.45, 7) is 0. The number of hydrogen-bond donors (Lipinski definition) is 1. The van der Waals surface area contributed by atoms with Crippen molar-refractivity contribution in [1.29, 1.82) is 0 Å². The molecule has 0 fully saturated rings. The zero-order valence-electron chi connectivity index (χ0n) is 10.00. The van der Waals surface area contributed by atoms with Crippen molar-refractivity contribution in [3.8, 4) is 11.5 Å². The van der Waals surface area contributed by atoms with Gasteiger partial charge in [0.2, 0.25) is 0 Å². The Morgan fingerprint density at radius 1 is 1.50 bits per heavy atom. The molecule has 5 heteroatoms. The molecule has 2 atom stereocenters. The van der Waals surface area contributed by atoms with Crippen LogP contribution in [0.3, 0.4) is 0 Å². The van der Waals surface area contributed by atoms with Gasteiger partial charge in [0, 0.05) is 29.6 Å². The lowest BCUT2D eigenvalue weighted by Crippen LogP contribution is -2.24. The van der Waals surface area contributed by atoms with Gasteiger partial charge in [-0.2, -0.15) is 0 Å². The van der Waals surface area contributed by atoms with Crippen molar-refractivity contribution in [2.75, 3.05) is 7.11 Å². The Kier molecular flexibility index (Phi) is 2.93. The fourth-order valence-corrected chi connectivity index (χ4v) is 2.83. The fourth-order valence-electron chi connectivity index (χ4n) is 2.15. The molecule has 2 heterocycles. The lowest BCUT2D eigenvalue weighted by Gasteiger charge is -2.29. The Labute approximate surface area is 109 Å². The number of nitrogens with zero attached hydrogens (tertiary/aromatic N) is 1. The molecule has 0 radical (unpaired) electrons. The van der Waals surface area contributed by atoms with Crippen LogP contribution in [0.2, 0.25) is 0 Å². The first-order valence-electron chi connectivity index (χ1n) is 5.77. The van der Waals surface area contributed by atoms with E-state index in [9.17, 15) is 0 Å². The molecule has 2 N–H and O–H groups in total. The Bertz CT molecular complexity index is 542. The molecular formula is C13H14N2O2S. The number of rotatable bonds is 2. The van der Waals surface area contributed by atoms with Crippen molar-refractivity contribution in [2.45, 2.75) is 18.6 Å². The van der Waals surface area contributed by atoms with E-state index in [1.807, 2.05) is 23.6 Å². The van der Waals surface area contributed by atoms with Crippen LogP contribution in [0, 0.1) is 0 Å². The molecule has 0 spiro atoms. The Hall–Kier alpha value is -1.59. The van der Waals surface area contributed by atoms with Gasteiger partial charge in [0.25, 0.3) is 0 Å². The van der Waals surface area contributed by atoms with Crippen LogP contribution in [-0.2, 0) is 0 Å². The highest BCUT2D eigenvalue weighted by Crippen LogP contribution is 2.41. The van der Waals surface area contributed by atoms with Gasteiger partial charge in [0.1, 0.15) is 16.5 Å². The third kappa shape index (κ3) is 1.95. The maximum atomic E-state index is 6.21. The fraction of sp³-hybridized carbons (Fsp3) is 0.308. The largest absolute Gasteiger partial charge is 0.497 e. The number of methoxy groups -OCH3 is 1. The van der Waals surface area contributed by atoms with Crippen LogP contribution >= 0.6 is 11.3 Å². The monoisotopic (exact) mass is 262 g/mol. The molecule has 1 aliphatic heterocycles. The van der Waals surface area contributed by atoms with E-state index in [-0.39, 0.29) is 12.1 Å². The number of nitrogens with two attached hydrogens (primary N) is 1. The number of hydrogen-bond acceptors (Lipinski definition) is 5. The summed E-state index contributed by atoms with van der Waals surface area (Å²) < 4.78 is 11.2. The molecule has 1 aromatic heterocycles. The van der Waals surface area contributed by atoms with E-state index < -0.39 is 0 Å². The van der Waals surface area contributed by atoms with Crippen LogP contribution in [-0.4, -0.2) is 12.1 Å². The smallest absolute Gasteiger partial charge is 0.152 e. The van der Waals surface area contributed by atoms with Crippen molar-refractivity contribution in [3.63, 3.8) is 0 Å². The number of aromatic nitrogens is 1. The minimum Gasteiger partial charge on any atom is -0.497 e. The van der Waals surface area contributed by atoms with Crippen LogP contribution in [0.1, 0.15) is 29.1 Å². The van der Waals surface area contributed by atoms with Crippen LogP contribution in [0.25, 0.3) is 0 Å². The summed E-state index contributed by atoms with van der Waals surface area (Å²) in [5, 5.41) is 2.93. The topological polar surface area (TPSA) is 57.4 Å². The average Bonchev–Trinajstić information content (AvgIpc) is 2.92. The molecule has 2 aromatic rings. The molecule has 3 rings (SSSR count). The summed E-state index contributed by atoms with van der Waals surface area (Å²) in [5.74, 6) is 1.63. The predicted octanol–water partition coefficient (Wildman–Crippen LogP) is 2.68. The quantitative estimate of drug-likeness (QED) is 0.904. The summed E-state index contributed by atoms with van der Waals surface area (Å²) in [7, 11) is 1.65. The maximum Gasteiger partial charge on any atom is 0.152 e. The molecule has 0 saturated heterocycles. The minimum absolute atomic E-state index is 0.0408. The number of thiazole rings is 1. The molecule has 0 saturated carbocycles. The highest BCUT2D eigenvalue weighted by Gasteiger charge is 2.28. The molecule has 0 aliphatic carbocycles. The highest BCUT2D eigenvalue weighted by molar-refractivity contribution is 7.09. The summed E-state index contributed by atoms with van der Waals surface area (Å²) >= 11 is 1.60. The SMILES string of the molecule is COc1ccc2c(c1)[C@@H](N)CC(c1nccs1)O2. The first kappa shape index (κ1) is 11.5. The Morgan fingerprint density at radius 3 is 3.11 bits per heavy atom. The molecule has 0 amide bonds. The van der Waals surface area contributed by atoms with Crippen LogP contribution < -0.4 is 15.2 Å². The van der Waals surface area contributed by atoms with Crippen molar-refractivity contribution < 1.29 is 9.47 Å². The Balaban J connectivity index is 1.93. The van der Waals surface area contributed by atoms with E-state index in [0.717, 1.165) is 28.5 Å². The number of ether oxygens (including phenoxy) is 2. The first-order valence-corrected chi connectivity index (χ1v) is 6.65. The number of benzene rings is 1. The van der Waals surface area contributed by atoms with Crippen LogP contribution in [0.5, 0.6) is 11.5 Å². The van der Waals surface area contributed by atoms with Crippen molar-refractivity contribution in [1.82, 2.24) is 4.98 Å². The van der Waals surface area contributed by atoms with E-state index in [0.29, 0.717) is 0 Å². The average molecular weight is 262 g/mol. The van der Waals surface area contributed by atoms with Crippen molar-refractivity contribution in [3.05, 3.63) is 40.3 Å². The van der Waals surface area contributed by atoms with Gasteiger partial charge >= 0.3 is 0 Å². The molecule has 94 valence electrons. The summed E-state index contributed by atoms with van der Waals surface area (Å²) in [4.78, 5) is 4.29. The van der Waals surface area contributed by atoms with Gasteiger partial charge in [0.15, 0.2) is 6.10 Å². The zero-order chi connectivity index (χ0) is 12.5.